The lowest BCUT2D eigenvalue weighted by atomic mass is 10.0. The Morgan fingerprint density at radius 2 is 1.38 bits per heavy atom. The molecule has 3 aromatic carbocycles. The Kier molecular flexibility index (Phi) is 2.75. The minimum atomic E-state index is 0.997. The van der Waals surface area contributed by atoms with Crippen LogP contribution in [0.3, 0.4) is 0 Å². The van der Waals surface area contributed by atoms with Crippen molar-refractivity contribution in [2.45, 2.75) is 26.7 Å². The van der Waals surface area contributed by atoms with Crippen molar-refractivity contribution in [3.63, 3.8) is 0 Å². The van der Waals surface area contributed by atoms with Gasteiger partial charge in [-0.05, 0) is 41.5 Å². The molecule has 0 bridgehead atoms. The fourth-order valence-electron chi connectivity index (χ4n) is 3.10. The summed E-state index contributed by atoms with van der Waals surface area (Å²) in [4.78, 5) is 0. The second-order valence-corrected chi connectivity index (χ2v) is 5.64. The summed E-state index contributed by atoms with van der Waals surface area (Å²) >= 11 is 0. The van der Waals surface area contributed by atoms with Gasteiger partial charge in [0, 0.05) is 16.2 Å². The van der Waals surface area contributed by atoms with E-state index >= 15 is 0 Å². The number of rotatable bonds is 2. The van der Waals surface area contributed by atoms with Gasteiger partial charge in [-0.15, -0.1) is 0 Å². The number of benzene rings is 3. The van der Waals surface area contributed by atoms with Gasteiger partial charge in [0.1, 0.15) is 11.2 Å². The van der Waals surface area contributed by atoms with Crippen LogP contribution in [0.2, 0.25) is 0 Å². The van der Waals surface area contributed by atoms with E-state index in [2.05, 4.69) is 62.4 Å². The summed E-state index contributed by atoms with van der Waals surface area (Å²) in [6.45, 7) is 4.36. The maximum atomic E-state index is 6.18. The van der Waals surface area contributed by atoms with Gasteiger partial charge in [0.15, 0.2) is 0 Å². The summed E-state index contributed by atoms with van der Waals surface area (Å²) in [6.07, 6.45) is 2.10. The Bertz CT molecular complexity index is 960. The molecule has 0 aliphatic carbocycles. The van der Waals surface area contributed by atoms with E-state index in [0.717, 1.165) is 24.0 Å². The number of hydrogen-bond acceptors (Lipinski definition) is 1. The van der Waals surface area contributed by atoms with Crippen LogP contribution in [-0.2, 0) is 12.8 Å². The summed E-state index contributed by atoms with van der Waals surface area (Å²) in [5, 5.41) is 4.89. The van der Waals surface area contributed by atoms with Gasteiger partial charge in [-0.2, -0.15) is 0 Å². The maximum Gasteiger partial charge on any atom is 0.143 e. The van der Waals surface area contributed by atoms with Gasteiger partial charge in [-0.25, -0.2) is 0 Å². The van der Waals surface area contributed by atoms with Crippen LogP contribution in [0, 0.1) is 0 Å². The Morgan fingerprint density at radius 1 is 0.714 bits per heavy atom. The van der Waals surface area contributed by atoms with Gasteiger partial charge < -0.3 is 4.42 Å². The van der Waals surface area contributed by atoms with E-state index in [0.29, 0.717) is 0 Å². The Morgan fingerprint density at radius 3 is 2.14 bits per heavy atom. The fraction of sp³-hybridized carbons (Fsp3) is 0.200. The van der Waals surface area contributed by atoms with Crippen LogP contribution in [0.5, 0.6) is 0 Å². The summed E-state index contributed by atoms with van der Waals surface area (Å²) in [5.74, 6) is 0. The standard InChI is InChI=1S/C20H18O/c1-3-13-5-8-16-15(11-13)7-10-18-17-9-6-14(4-2)12-19(17)21-20(16)18/h5-12H,3-4H2,1-2H3. The van der Waals surface area contributed by atoms with E-state index in [9.17, 15) is 0 Å². The lowest BCUT2D eigenvalue weighted by Crippen LogP contribution is -1.80. The maximum absolute atomic E-state index is 6.18. The predicted molar refractivity (Wildman–Crippen MR) is 90.0 cm³/mol. The first-order chi connectivity index (χ1) is 10.3. The normalized spacial score (nSPS) is 11.7. The molecule has 0 aliphatic heterocycles. The van der Waals surface area contributed by atoms with Gasteiger partial charge in [-0.3, -0.25) is 0 Å². The molecular weight excluding hydrogens is 256 g/mol. The molecule has 104 valence electrons. The van der Waals surface area contributed by atoms with Crippen LogP contribution in [0.1, 0.15) is 25.0 Å². The van der Waals surface area contributed by atoms with Gasteiger partial charge in [0.2, 0.25) is 0 Å². The number of hydrogen-bond donors (Lipinski definition) is 0. The molecule has 0 aliphatic rings. The summed E-state index contributed by atoms with van der Waals surface area (Å²) in [6, 6.07) is 17.6. The zero-order valence-corrected chi connectivity index (χ0v) is 12.4. The molecule has 0 N–H and O–H groups in total. The van der Waals surface area contributed by atoms with Crippen LogP contribution in [0.25, 0.3) is 32.7 Å². The third kappa shape index (κ3) is 1.84. The van der Waals surface area contributed by atoms with Crippen LogP contribution in [0.4, 0.5) is 0 Å². The van der Waals surface area contributed by atoms with E-state index < -0.39 is 0 Å². The van der Waals surface area contributed by atoms with Crippen molar-refractivity contribution in [3.8, 4) is 0 Å². The molecule has 1 heterocycles. The number of fused-ring (bicyclic) bond motifs is 5. The first-order valence-corrected chi connectivity index (χ1v) is 7.67. The first kappa shape index (κ1) is 12.5. The molecule has 0 radical (unpaired) electrons. The molecule has 1 aromatic heterocycles. The summed E-state index contributed by atoms with van der Waals surface area (Å²) < 4.78 is 6.18. The average molecular weight is 274 g/mol. The fourth-order valence-corrected chi connectivity index (χ4v) is 3.10. The van der Waals surface area contributed by atoms with Gasteiger partial charge in [-0.1, -0.05) is 50.2 Å². The first-order valence-electron chi connectivity index (χ1n) is 7.67. The molecule has 0 saturated carbocycles. The molecule has 0 unspecified atom stereocenters. The third-order valence-electron chi connectivity index (χ3n) is 4.40. The van der Waals surface area contributed by atoms with E-state index in [1.165, 1.54) is 32.7 Å². The molecule has 0 amide bonds. The van der Waals surface area contributed by atoms with Crippen molar-refractivity contribution < 1.29 is 4.42 Å². The highest BCUT2D eigenvalue weighted by Gasteiger charge is 2.10. The Hall–Kier alpha value is -2.28. The van der Waals surface area contributed by atoms with Crippen LogP contribution >= 0.6 is 0 Å². The molecule has 4 rings (SSSR count). The Balaban J connectivity index is 2.10. The highest BCUT2D eigenvalue weighted by atomic mass is 16.3. The molecule has 0 saturated heterocycles. The molecule has 4 aromatic rings. The van der Waals surface area contributed by atoms with E-state index in [1.807, 2.05) is 0 Å². The lowest BCUT2D eigenvalue weighted by Gasteiger charge is -2.01. The van der Waals surface area contributed by atoms with E-state index in [1.54, 1.807) is 0 Å². The molecular formula is C20H18O. The van der Waals surface area contributed by atoms with Crippen LogP contribution < -0.4 is 0 Å². The monoisotopic (exact) mass is 274 g/mol. The second kappa shape index (κ2) is 4.63. The number of aryl methyl sites for hydroxylation is 2. The van der Waals surface area contributed by atoms with Crippen molar-refractivity contribution in [3.05, 3.63) is 59.7 Å². The SMILES string of the molecule is CCc1ccc2c(ccc3c4ccc(CC)cc4oc23)c1. The zero-order chi connectivity index (χ0) is 14.4. The minimum Gasteiger partial charge on any atom is -0.455 e. The molecule has 21 heavy (non-hydrogen) atoms. The van der Waals surface area contributed by atoms with Gasteiger partial charge >= 0.3 is 0 Å². The molecule has 0 fully saturated rings. The molecule has 1 heteroatoms. The zero-order valence-electron chi connectivity index (χ0n) is 12.4. The lowest BCUT2D eigenvalue weighted by molar-refractivity contribution is 0.672. The third-order valence-corrected chi connectivity index (χ3v) is 4.40. The predicted octanol–water partition coefficient (Wildman–Crippen LogP) is 5.86. The van der Waals surface area contributed by atoms with Crippen LogP contribution in [-0.4, -0.2) is 0 Å². The van der Waals surface area contributed by atoms with Gasteiger partial charge in [0.05, 0.1) is 0 Å². The highest BCUT2D eigenvalue weighted by Crippen LogP contribution is 2.34. The van der Waals surface area contributed by atoms with Gasteiger partial charge in [0.25, 0.3) is 0 Å². The van der Waals surface area contributed by atoms with Crippen molar-refractivity contribution in [1.82, 2.24) is 0 Å². The molecule has 0 spiro atoms. The van der Waals surface area contributed by atoms with Crippen molar-refractivity contribution in [2.24, 2.45) is 0 Å². The summed E-state index contributed by atoms with van der Waals surface area (Å²) in [5.41, 5.74) is 4.69. The van der Waals surface area contributed by atoms with E-state index in [4.69, 9.17) is 4.42 Å². The quantitative estimate of drug-likeness (QED) is 0.446. The van der Waals surface area contributed by atoms with Crippen molar-refractivity contribution in [1.29, 1.82) is 0 Å². The molecule has 1 nitrogen and oxygen atoms in total. The second-order valence-electron chi connectivity index (χ2n) is 5.64. The molecule has 0 atom stereocenters. The van der Waals surface area contributed by atoms with E-state index in [-0.39, 0.29) is 0 Å². The smallest absolute Gasteiger partial charge is 0.143 e. The topological polar surface area (TPSA) is 13.1 Å². The minimum absolute atomic E-state index is 0.997. The highest BCUT2D eigenvalue weighted by molar-refractivity contribution is 6.15. The van der Waals surface area contributed by atoms with Crippen molar-refractivity contribution in [2.75, 3.05) is 0 Å². The average Bonchev–Trinajstić information content (AvgIpc) is 2.92. The largest absolute Gasteiger partial charge is 0.455 e. The number of furan rings is 1. The van der Waals surface area contributed by atoms with Crippen LogP contribution in [0.15, 0.2) is 52.9 Å². The van der Waals surface area contributed by atoms with Crippen molar-refractivity contribution >= 4 is 32.7 Å². The Labute approximate surface area is 124 Å². The summed E-state index contributed by atoms with van der Waals surface area (Å²) in [7, 11) is 0.